The molecule has 0 heterocycles. The van der Waals surface area contributed by atoms with Gasteiger partial charge in [0.05, 0.1) is 17.6 Å². The number of hydrogen-bond donors (Lipinski definition) is 5. The van der Waals surface area contributed by atoms with Gasteiger partial charge in [-0.2, -0.15) is 0 Å². The van der Waals surface area contributed by atoms with Gasteiger partial charge < -0.3 is 35.8 Å². The minimum atomic E-state index is -1.40. The molecule has 4 atom stereocenters. The average Bonchev–Trinajstić information content (AvgIpc) is 2.98. The highest BCUT2D eigenvalue weighted by Crippen LogP contribution is 2.30. The first-order valence-electron chi connectivity index (χ1n) is 16.8. The fourth-order valence-electron chi connectivity index (χ4n) is 5.46. The molecule has 0 aliphatic rings. The Morgan fingerprint density at radius 2 is 1.42 bits per heavy atom. The first-order valence-corrected chi connectivity index (χ1v) is 16.8. The number of nitrogens with one attached hydrogen (secondary N) is 3. The Bertz CT molecular complexity index is 1420. The Labute approximate surface area is 296 Å². The Hall–Kier alpha value is -4.26. The van der Waals surface area contributed by atoms with Crippen LogP contribution in [-0.4, -0.2) is 94.6 Å². The van der Waals surface area contributed by atoms with Gasteiger partial charge in [-0.15, -0.1) is 0 Å². The number of hydrogen-bond acceptors (Lipinski definition) is 8. The summed E-state index contributed by atoms with van der Waals surface area (Å²) in [5, 5.41) is 26.8. The summed E-state index contributed by atoms with van der Waals surface area (Å²) in [4.78, 5) is 77.6. The molecule has 0 saturated heterocycles. The molecule has 1 aromatic carbocycles. The van der Waals surface area contributed by atoms with Crippen molar-refractivity contribution in [1.29, 1.82) is 0 Å². The number of carboxylic acids is 2. The summed E-state index contributed by atoms with van der Waals surface area (Å²) in [5.74, 6) is -4.68. The third-order valence-electron chi connectivity index (χ3n) is 8.44. The van der Waals surface area contributed by atoms with E-state index in [4.69, 9.17) is 9.84 Å². The van der Waals surface area contributed by atoms with E-state index in [1.165, 1.54) is 11.8 Å². The summed E-state index contributed by atoms with van der Waals surface area (Å²) < 4.78 is 5.46. The second kappa shape index (κ2) is 17.6. The van der Waals surface area contributed by atoms with Crippen molar-refractivity contribution in [3.05, 3.63) is 47.0 Å². The molecule has 1 rings (SSSR count). The zero-order valence-electron chi connectivity index (χ0n) is 31.9. The number of aliphatic carboxylic acids is 2. The molecular weight excluding hydrogens is 644 g/mol. The van der Waals surface area contributed by atoms with E-state index in [2.05, 4.69) is 16.0 Å². The third kappa shape index (κ3) is 12.6. The van der Waals surface area contributed by atoms with Crippen LogP contribution in [0.3, 0.4) is 0 Å². The normalized spacial score (nSPS) is 15.0. The van der Waals surface area contributed by atoms with Gasteiger partial charge in [-0.05, 0) is 70.2 Å². The minimum absolute atomic E-state index is 0.149. The Morgan fingerprint density at radius 1 is 0.880 bits per heavy atom. The molecule has 1 aromatic rings. The zero-order chi connectivity index (χ0) is 38.9. The Morgan fingerprint density at radius 3 is 1.84 bits per heavy atom. The number of benzene rings is 1. The lowest BCUT2D eigenvalue weighted by molar-refractivity contribution is -0.142. The maximum absolute atomic E-state index is 14.2. The van der Waals surface area contributed by atoms with Crippen LogP contribution in [0.15, 0.2) is 35.9 Å². The zero-order valence-corrected chi connectivity index (χ0v) is 31.9. The van der Waals surface area contributed by atoms with E-state index < -0.39 is 82.6 Å². The summed E-state index contributed by atoms with van der Waals surface area (Å²) in [6.07, 6.45) is 0.845. The molecule has 0 fully saturated rings. The van der Waals surface area contributed by atoms with Crippen LogP contribution in [0.1, 0.15) is 105 Å². The van der Waals surface area contributed by atoms with Crippen LogP contribution >= 0.6 is 0 Å². The van der Waals surface area contributed by atoms with Crippen LogP contribution in [0.25, 0.3) is 0 Å². The van der Waals surface area contributed by atoms with Gasteiger partial charge in [0.1, 0.15) is 17.7 Å². The highest BCUT2D eigenvalue weighted by molar-refractivity contribution is 5.96. The summed E-state index contributed by atoms with van der Waals surface area (Å²) >= 11 is 0. The topological polar surface area (TPSA) is 191 Å². The predicted molar refractivity (Wildman–Crippen MR) is 190 cm³/mol. The van der Waals surface area contributed by atoms with Crippen LogP contribution in [0.2, 0.25) is 0 Å². The molecule has 0 bridgehead atoms. The first-order chi connectivity index (χ1) is 22.7. The number of carbonyl (C=O) groups is 6. The van der Waals surface area contributed by atoms with Gasteiger partial charge in [0, 0.05) is 24.5 Å². The number of amides is 3. The van der Waals surface area contributed by atoms with Gasteiger partial charge in [-0.25, -0.2) is 9.59 Å². The summed E-state index contributed by atoms with van der Waals surface area (Å²) in [7, 11) is 3.24. The van der Waals surface area contributed by atoms with E-state index in [0.717, 1.165) is 5.56 Å². The lowest BCUT2D eigenvalue weighted by atomic mass is 9.76. The maximum Gasteiger partial charge on any atom is 0.338 e. The second-order valence-electron chi connectivity index (χ2n) is 15.7. The molecular formula is C37H58N4O9. The molecule has 0 aromatic heterocycles. The summed E-state index contributed by atoms with van der Waals surface area (Å²) in [6, 6.07) is 3.10. The van der Waals surface area contributed by atoms with Crippen molar-refractivity contribution in [2.24, 2.45) is 11.3 Å². The molecule has 0 unspecified atom stereocenters. The van der Waals surface area contributed by atoms with Crippen molar-refractivity contribution in [2.45, 2.75) is 124 Å². The van der Waals surface area contributed by atoms with Crippen molar-refractivity contribution in [1.82, 2.24) is 20.9 Å². The van der Waals surface area contributed by atoms with Gasteiger partial charge >= 0.3 is 17.9 Å². The van der Waals surface area contributed by atoms with E-state index in [1.54, 1.807) is 65.2 Å². The standard InChI is InChI=1S/C37H58N4O9/c1-21(2)26(20-22(3)30(44)39-25(33(47)48)18-19-27(42)43)41(13)32(46)29(35(4,5)6)40-31(45)28(38-12)37(10,11)24-16-14-23(15-17-24)34(49)50-36(7,8)9/h14-17,20-21,25-26,28-29,38H,18-19H2,1-13H3,(H,39,44)(H,40,45)(H,42,43)(H,47,48)/b22-20+/t25-,26-,28-,29-/m1/s1. The SMILES string of the molecule is CN[C@H](C(=O)N[C@H](C(=O)N(C)[C@H](/C=C(\C)C(=O)N[C@H](CCC(=O)O)C(=O)O)C(C)C)C(C)(C)C)C(C)(C)c1ccc(C(=O)OC(C)(C)C)cc1. The maximum atomic E-state index is 14.2. The Balaban J connectivity index is 3.32. The minimum Gasteiger partial charge on any atom is -0.481 e. The molecule has 50 heavy (non-hydrogen) atoms. The average molecular weight is 703 g/mol. The highest BCUT2D eigenvalue weighted by atomic mass is 16.6. The van der Waals surface area contributed by atoms with Crippen molar-refractivity contribution >= 4 is 35.6 Å². The second-order valence-corrected chi connectivity index (χ2v) is 15.7. The molecule has 0 radical (unpaired) electrons. The first kappa shape index (κ1) is 43.8. The van der Waals surface area contributed by atoms with Gasteiger partial charge in [0.25, 0.3) is 0 Å². The summed E-state index contributed by atoms with van der Waals surface area (Å²) in [6.45, 7) is 19.9. The van der Waals surface area contributed by atoms with Crippen LogP contribution < -0.4 is 16.0 Å². The van der Waals surface area contributed by atoms with E-state index >= 15 is 0 Å². The molecule has 0 aliphatic carbocycles. The van der Waals surface area contributed by atoms with Crippen molar-refractivity contribution in [3.8, 4) is 0 Å². The molecule has 3 amide bonds. The molecule has 13 heteroatoms. The van der Waals surface area contributed by atoms with E-state index in [9.17, 15) is 33.9 Å². The van der Waals surface area contributed by atoms with Crippen LogP contribution in [0.5, 0.6) is 0 Å². The lowest BCUT2D eigenvalue weighted by Gasteiger charge is -2.40. The predicted octanol–water partition coefficient (Wildman–Crippen LogP) is 3.90. The molecule has 5 N–H and O–H groups in total. The van der Waals surface area contributed by atoms with Gasteiger partial charge in [-0.1, -0.05) is 66.7 Å². The number of esters is 1. The number of ether oxygens (including phenoxy) is 1. The number of likely N-dealkylation sites (N-methyl/N-ethyl adjacent to an activating group) is 2. The molecule has 280 valence electrons. The number of carboxylic acid groups (broad SMARTS) is 2. The van der Waals surface area contributed by atoms with Gasteiger partial charge in [0.15, 0.2) is 0 Å². The van der Waals surface area contributed by atoms with Crippen molar-refractivity contribution in [2.75, 3.05) is 14.1 Å². The number of rotatable bonds is 16. The molecule has 0 aliphatic heterocycles. The highest BCUT2D eigenvalue weighted by Gasteiger charge is 2.42. The third-order valence-corrected chi connectivity index (χ3v) is 8.44. The largest absolute Gasteiger partial charge is 0.481 e. The van der Waals surface area contributed by atoms with E-state index in [-0.39, 0.29) is 17.9 Å². The van der Waals surface area contributed by atoms with E-state index in [0.29, 0.717) is 5.56 Å². The van der Waals surface area contributed by atoms with Crippen LogP contribution in [0.4, 0.5) is 0 Å². The lowest BCUT2D eigenvalue weighted by Crippen LogP contribution is -2.61. The monoisotopic (exact) mass is 702 g/mol. The van der Waals surface area contributed by atoms with E-state index in [1.807, 2.05) is 48.5 Å². The van der Waals surface area contributed by atoms with Crippen LogP contribution in [-0.2, 0) is 34.1 Å². The number of carbonyl (C=O) groups excluding carboxylic acids is 4. The van der Waals surface area contributed by atoms with Crippen molar-refractivity contribution in [3.63, 3.8) is 0 Å². The van der Waals surface area contributed by atoms with Crippen LogP contribution in [0, 0.1) is 11.3 Å². The quantitative estimate of drug-likeness (QED) is 0.125. The fourth-order valence-corrected chi connectivity index (χ4v) is 5.46. The fraction of sp³-hybridized carbons (Fsp3) is 0.622. The van der Waals surface area contributed by atoms with Gasteiger partial charge in [-0.3, -0.25) is 19.2 Å². The summed E-state index contributed by atoms with van der Waals surface area (Å²) in [5.41, 5.74) is -0.844. The smallest absolute Gasteiger partial charge is 0.338 e. The van der Waals surface area contributed by atoms with Gasteiger partial charge in [0.2, 0.25) is 17.7 Å². The number of nitrogens with zero attached hydrogens (tertiary/aromatic N) is 1. The van der Waals surface area contributed by atoms with Crippen molar-refractivity contribution < 1.29 is 43.7 Å². The molecule has 13 nitrogen and oxygen atoms in total. The molecule has 0 saturated carbocycles. The Kier molecular flexibility index (Phi) is 15.4. The molecule has 0 spiro atoms.